The van der Waals surface area contributed by atoms with Gasteiger partial charge >= 0.3 is 0 Å². The van der Waals surface area contributed by atoms with Crippen LogP contribution in [0, 0.1) is 0 Å². The molecule has 0 aliphatic heterocycles. The van der Waals surface area contributed by atoms with E-state index in [1.165, 1.54) is 5.56 Å². The van der Waals surface area contributed by atoms with E-state index in [-0.39, 0.29) is 5.91 Å². The molecule has 0 fully saturated rings. The monoisotopic (exact) mass is 454 g/mol. The lowest BCUT2D eigenvalue weighted by molar-refractivity contribution is 0.0953. The first-order valence-corrected chi connectivity index (χ1v) is 11.7. The minimum atomic E-state index is -0.0802. The summed E-state index contributed by atoms with van der Waals surface area (Å²) in [5.74, 6) is 2.19. The van der Waals surface area contributed by atoms with Gasteiger partial charge in [0.25, 0.3) is 5.91 Å². The van der Waals surface area contributed by atoms with Crippen LogP contribution < -0.4 is 10.1 Å². The highest BCUT2D eigenvalue weighted by Crippen LogP contribution is 2.24. The molecule has 1 heterocycles. The Hall–Kier alpha value is -3.93. The van der Waals surface area contributed by atoms with E-state index in [1.807, 2.05) is 61.5 Å². The van der Waals surface area contributed by atoms with Crippen molar-refractivity contribution in [1.29, 1.82) is 0 Å². The summed E-state index contributed by atoms with van der Waals surface area (Å²) in [6.07, 6.45) is 3.71. The molecule has 174 valence electrons. The number of rotatable bonds is 10. The summed E-state index contributed by atoms with van der Waals surface area (Å²) >= 11 is 0. The lowest BCUT2D eigenvalue weighted by Gasteiger charge is -2.09. The van der Waals surface area contributed by atoms with Gasteiger partial charge in [0.05, 0.1) is 12.8 Å². The molecule has 0 saturated carbocycles. The van der Waals surface area contributed by atoms with E-state index >= 15 is 0 Å². The number of unbranched alkanes of at least 4 members (excludes halogenated alkanes) is 1. The van der Waals surface area contributed by atoms with Crippen molar-refractivity contribution in [3.63, 3.8) is 0 Å². The summed E-state index contributed by atoms with van der Waals surface area (Å²) in [5, 5.41) is 7.72. The van der Waals surface area contributed by atoms with Crippen LogP contribution in [0.1, 0.15) is 41.5 Å². The molecule has 3 aromatic carbocycles. The number of amides is 1. The van der Waals surface area contributed by atoms with Crippen LogP contribution in [0.2, 0.25) is 0 Å². The van der Waals surface area contributed by atoms with Crippen LogP contribution in [0.15, 0.2) is 78.9 Å². The normalized spacial score (nSPS) is 10.8. The van der Waals surface area contributed by atoms with Crippen molar-refractivity contribution >= 4 is 5.91 Å². The predicted molar refractivity (Wildman–Crippen MR) is 134 cm³/mol. The number of carbonyl (C=O) groups excluding carboxylic acids is 1. The minimum Gasteiger partial charge on any atom is -0.497 e. The van der Waals surface area contributed by atoms with Gasteiger partial charge in [-0.1, -0.05) is 43.3 Å². The number of aryl methyl sites for hydroxylation is 2. The number of methoxy groups -OCH3 is 1. The first-order chi connectivity index (χ1) is 16.7. The average molecular weight is 455 g/mol. The fourth-order valence-electron chi connectivity index (χ4n) is 3.79. The molecule has 4 rings (SSSR count). The maximum absolute atomic E-state index is 12.8. The van der Waals surface area contributed by atoms with Crippen LogP contribution in [0.5, 0.6) is 5.75 Å². The largest absolute Gasteiger partial charge is 0.497 e. The number of carbonyl (C=O) groups is 1. The van der Waals surface area contributed by atoms with E-state index in [0.29, 0.717) is 12.1 Å². The molecular weight excluding hydrogens is 424 g/mol. The molecule has 0 spiro atoms. The molecule has 0 aliphatic rings. The quantitative estimate of drug-likeness (QED) is 0.332. The molecule has 0 aliphatic carbocycles. The summed E-state index contributed by atoms with van der Waals surface area (Å²) in [6, 6.07) is 25.7. The van der Waals surface area contributed by atoms with Crippen LogP contribution in [0.25, 0.3) is 17.1 Å². The van der Waals surface area contributed by atoms with E-state index < -0.39 is 0 Å². The molecule has 0 atom stereocenters. The van der Waals surface area contributed by atoms with Crippen LogP contribution in [-0.2, 0) is 12.8 Å². The number of hydrogen-bond donors (Lipinski definition) is 1. The lowest BCUT2D eigenvalue weighted by Crippen LogP contribution is -2.24. The van der Waals surface area contributed by atoms with Crippen molar-refractivity contribution in [3.05, 3.63) is 95.8 Å². The highest BCUT2D eigenvalue weighted by molar-refractivity contribution is 5.94. The summed E-state index contributed by atoms with van der Waals surface area (Å²) in [5.41, 5.74) is 3.67. The van der Waals surface area contributed by atoms with E-state index in [0.717, 1.165) is 54.3 Å². The zero-order chi connectivity index (χ0) is 23.8. The zero-order valence-electron chi connectivity index (χ0n) is 19.7. The molecule has 4 aromatic rings. The van der Waals surface area contributed by atoms with Gasteiger partial charge in [-0.3, -0.25) is 4.79 Å². The van der Waals surface area contributed by atoms with Gasteiger partial charge in [0.15, 0.2) is 11.6 Å². The van der Waals surface area contributed by atoms with E-state index in [4.69, 9.17) is 9.72 Å². The van der Waals surface area contributed by atoms with Crippen molar-refractivity contribution < 1.29 is 9.53 Å². The Kier molecular flexibility index (Phi) is 7.71. The molecule has 0 unspecified atom stereocenters. The Balaban J connectivity index is 1.44. The number of ether oxygens (including phenoxy) is 1. The standard InChI is InChI=1S/C28H30N4O2/c1-3-26-30-27(22-15-17-25(34-2)18-16-22)32(31-26)24-14-9-13-23(20-24)28(33)29-19-8-7-12-21-10-5-4-6-11-21/h4-6,9-11,13-18,20H,3,7-8,12,19H2,1-2H3,(H,29,33). The van der Waals surface area contributed by atoms with Gasteiger partial charge in [-0.2, -0.15) is 5.10 Å². The Morgan fingerprint density at radius 3 is 2.50 bits per heavy atom. The summed E-state index contributed by atoms with van der Waals surface area (Å²) in [6.45, 7) is 2.68. The maximum atomic E-state index is 12.8. The number of aromatic nitrogens is 3. The van der Waals surface area contributed by atoms with E-state index in [9.17, 15) is 4.79 Å². The molecule has 6 nitrogen and oxygen atoms in total. The molecule has 1 amide bonds. The number of nitrogens with zero attached hydrogens (tertiary/aromatic N) is 3. The third kappa shape index (κ3) is 5.70. The van der Waals surface area contributed by atoms with Gasteiger partial charge in [-0.25, -0.2) is 9.67 Å². The van der Waals surface area contributed by atoms with Crippen molar-refractivity contribution in [3.8, 4) is 22.8 Å². The lowest BCUT2D eigenvalue weighted by atomic mass is 10.1. The highest BCUT2D eigenvalue weighted by atomic mass is 16.5. The smallest absolute Gasteiger partial charge is 0.251 e. The second-order valence-corrected chi connectivity index (χ2v) is 8.09. The van der Waals surface area contributed by atoms with Crippen LogP contribution in [0.4, 0.5) is 0 Å². The number of hydrogen-bond acceptors (Lipinski definition) is 4. The Morgan fingerprint density at radius 1 is 0.971 bits per heavy atom. The maximum Gasteiger partial charge on any atom is 0.251 e. The van der Waals surface area contributed by atoms with Gasteiger partial charge in [0, 0.05) is 24.1 Å². The summed E-state index contributed by atoms with van der Waals surface area (Å²) in [4.78, 5) is 17.5. The zero-order valence-corrected chi connectivity index (χ0v) is 19.7. The first kappa shape index (κ1) is 23.2. The average Bonchev–Trinajstić information content (AvgIpc) is 3.34. The van der Waals surface area contributed by atoms with Gasteiger partial charge in [-0.15, -0.1) is 0 Å². The van der Waals surface area contributed by atoms with Crippen molar-refractivity contribution in [1.82, 2.24) is 20.1 Å². The molecule has 34 heavy (non-hydrogen) atoms. The van der Waals surface area contributed by atoms with Crippen molar-refractivity contribution in [2.45, 2.75) is 32.6 Å². The predicted octanol–water partition coefficient (Wildman–Crippen LogP) is 5.26. The molecule has 1 aromatic heterocycles. The van der Waals surface area contributed by atoms with Gasteiger partial charge < -0.3 is 10.1 Å². The van der Waals surface area contributed by atoms with Crippen LogP contribution in [0.3, 0.4) is 0 Å². The molecule has 1 N–H and O–H groups in total. The summed E-state index contributed by atoms with van der Waals surface area (Å²) in [7, 11) is 1.65. The number of nitrogens with one attached hydrogen (secondary N) is 1. The fourth-order valence-corrected chi connectivity index (χ4v) is 3.79. The molecule has 6 heteroatoms. The highest BCUT2D eigenvalue weighted by Gasteiger charge is 2.15. The topological polar surface area (TPSA) is 69.0 Å². The van der Waals surface area contributed by atoms with E-state index in [2.05, 4.69) is 34.7 Å². The van der Waals surface area contributed by atoms with Crippen LogP contribution >= 0.6 is 0 Å². The third-order valence-electron chi connectivity index (χ3n) is 5.69. The SMILES string of the molecule is CCc1nc(-c2ccc(OC)cc2)n(-c2cccc(C(=O)NCCCCc3ccccc3)c2)n1. The molecule has 0 saturated heterocycles. The Morgan fingerprint density at radius 2 is 1.76 bits per heavy atom. The van der Waals surface area contributed by atoms with Gasteiger partial charge in [0.2, 0.25) is 0 Å². The second kappa shape index (κ2) is 11.3. The Labute approximate surface area is 200 Å². The van der Waals surface area contributed by atoms with Crippen LogP contribution in [-0.4, -0.2) is 34.3 Å². The fraction of sp³-hybridized carbons (Fsp3) is 0.250. The Bertz CT molecular complexity index is 1220. The molecular formula is C28H30N4O2. The van der Waals surface area contributed by atoms with Crippen molar-refractivity contribution in [2.24, 2.45) is 0 Å². The van der Waals surface area contributed by atoms with Crippen molar-refractivity contribution in [2.75, 3.05) is 13.7 Å². The number of benzene rings is 3. The van der Waals surface area contributed by atoms with E-state index in [1.54, 1.807) is 11.8 Å². The minimum absolute atomic E-state index is 0.0802. The third-order valence-corrected chi connectivity index (χ3v) is 5.69. The molecule has 0 bridgehead atoms. The second-order valence-electron chi connectivity index (χ2n) is 8.09. The summed E-state index contributed by atoms with van der Waals surface area (Å²) < 4.78 is 7.07. The first-order valence-electron chi connectivity index (χ1n) is 11.7. The van der Waals surface area contributed by atoms with Gasteiger partial charge in [0.1, 0.15) is 5.75 Å². The molecule has 0 radical (unpaired) electrons. The van der Waals surface area contributed by atoms with Gasteiger partial charge in [-0.05, 0) is 67.3 Å².